The van der Waals surface area contributed by atoms with Crippen molar-refractivity contribution in [1.29, 1.82) is 0 Å². The van der Waals surface area contributed by atoms with E-state index in [0.717, 1.165) is 42.1 Å². The van der Waals surface area contributed by atoms with Crippen LogP contribution in [0.2, 0.25) is 5.02 Å². The number of rotatable bonds is 6. The maximum absolute atomic E-state index is 12.0. The zero-order chi connectivity index (χ0) is 21.8. The van der Waals surface area contributed by atoms with Crippen LogP contribution in [0.25, 0.3) is 0 Å². The largest absolute Gasteiger partial charge is 0.493 e. The second kappa shape index (κ2) is 9.35. The Balaban J connectivity index is 1.51. The van der Waals surface area contributed by atoms with Gasteiger partial charge in [-0.05, 0) is 60.6 Å². The first kappa shape index (κ1) is 21.1. The van der Waals surface area contributed by atoms with Gasteiger partial charge in [0.15, 0.2) is 0 Å². The van der Waals surface area contributed by atoms with Gasteiger partial charge in [-0.15, -0.1) is 0 Å². The maximum atomic E-state index is 12.0. The molecule has 0 fully saturated rings. The van der Waals surface area contributed by atoms with Gasteiger partial charge in [-0.2, -0.15) is 0 Å². The van der Waals surface area contributed by atoms with Crippen LogP contribution in [0, 0.1) is 0 Å². The Morgan fingerprint density at radius 3 is 2.90 bits per heavy atom. The van der Waals surface area contributed by atoms with Gasteiger partial charge in [-0.3, -0.25) is 4.98 Å². The number of fused-ring (bicyclic) bond motifs is 1. The topological polar surface area (TPSA) is 64.6 Å². The molecule has 0 radical (unpaired) electrons. The van der Waals surface area contributed by atoms with E-state index in [1.807, 2.05) is 24.1 Å². The molecule has 1 aliphatic heterocycles. The highest BCUT2D eigenvalue weighted by Crippen LogP contribution is 2.39. The fraction of sp³-hybridized carbons (Fsp3) is 0.292. The molecule has 1 atom stereocenters. The summed E-state index contributed by atoms with van der Waals surface area (Å²) in [6.07, 6.45) is 7.60. The molecule has 0 aliphatic carbocycles. The highest BCUT2D eigenvalue weighted by molar-refractivity contribution is 6.30. The molecular weight excluding hydrogens is 414 g/mol. The summed E-state index contributed by atoms with van der Waals surface area (Å²) in [5, 5.41) is 0.609. The number of anilines is 2. The summed E-state index contributed by atoms with van der Waals surface area (Å²) < 4.78 is 10.9. The molecule has 7 heteroatoms. The summed E-state index contributed by atoms with van der Waals surface area (Å²) in [7, 11) is 3.37. The van der Waals surface area contributed by atoms with E-state index in [1.54, 1.807) is 24.7 Å². The summed E-state index contributed by atoms with van der Waals surface area (Å²) in [6, 6.07) is 11.7. The number of methoxy groups -OCH3 is 1. The number of nitrogens with zero attached hydrogens (tertiary/aromatic N) is 3. The van der Waals surface area contributed by atoms with Gasteiger partial charge in [-0.25, -0.2) is 9.78 Å². The third kappa shape index (κ3) is 4.64. The summed E-state index contributed by atoms with van der Waals surface area (Å²) >= 11 is 5.95. The van der Waals surface area contributed by atoms with Gasteiger partial charge in [0.2, 0.25) is 0 Å². The van der Waals surface area contributed by atoms with E-state index >= 15 is 0 Å². The molecule has 0 N–H and O–H groups in total. The zero-order valence-electron chi connectivity index (χ0n) is 17.5. The molecule has 160 valence electrons. The minimum Gasteiger partial charge on any atom is -0.493 e. The van der Waals surface area contributed by atoms with Gasteiger partial charge >= 0.3 is 5.97 Å². The molecule has 0 bridgehead atoms. The molecule has 3 heterocycles. The van der Waals surface area contributed by atoms with E-state index in [1.165, 1.54) is 12.7 Å². The molecule has 1 aliphatic rings. The van der Waals surface area contributed by atoms with Crippen LogP contribution in [-0.4, -0.2) is 36.7 Å². The van der Waals surface area contributed by atoms with Gasteiger partial charge in [-0.1, -0.05) is 17.7 Å². The van der Waals surface area contributed by atoms with E-state index in [4.69, 9.17) is 21.1 Å². The van der Waals surface area contributed by atoms with Crippen LogP contribution in [0.3, 0.4) is 0 Å². The van der Waals surface area contributed by atoms with Crippen molar-refractivity contribution in [3.8, 4) is 5.75 Å². The van der Waals surface area contributed by atoms with Crippen molar-refractivity contribution in [2.45, 2.75) is 25.2 Å². The van der Waals surface area contributed by atoms with Crippen LogP contribution >= 0.6 is 11.6 Å². The van der Waals surface area contributed by atoms with E-state index < -0.39 is 0 Å². The smallest absolute Gasteiger partial charge is 0.338 e. The average Bonchev–Trinajstić information content (AvgIpc) is 2.82. The van der Waals surface area contributed by atoms with E-state index in [0.29, 0.717) is 23.1 Å². The first-order valence-electron chi connectivity index (χ1n) is 10.2. The molecule has 4 rings (SSSR count). The summed E-state index contributed by atoms with van der Waals surface area (Å²) in [5.41, 5.74) is 3.68. The SMILES string of the molecule is COC(=O)c1ccncc1CC[C@@H]1CCOc2cc(N(C)c3ccc(Cl)cn3)ccc21. The van der Waals surface area contributed by atoms with E-state index in [2.05, 4.69) is 28.2 Å². The van der Waals surface area contributed by atoms with Crippen molar-refractivity contribution >= 4 is 29.1 Å². The number of carbonyl (C=O) groups is 1. The second-order valence-corrected chi connectivity index (χ2v) is 7.95. The molecule has 0 saturated carbocycles. The summed E-state index contributed by atoms with van der Waals surface area (Å²) in [5.74, 6) is 1.73. The van der Waals surface area contributed by atoms with Gasteiger partial charge in [0, 0.05) is 37.4 Å². The third-order valence-electron chi connectivity index (χ3n) is 5.67. The van der Waals surface area contributed by atoms with Gasteiger partial charge < -0.3 is 14.4 Å². The first-order chi connectivity index (χ1) is 15.1. The Morgan fingerprint density at radius 2 is 2.13 bits per heavy atom. The summed E-state index contributed by atoms with van der Waals surface area (Å²) in [6.45, 7) is 0.668. The third-order valence-corrected chi connectivity index (χ3v) is 5.90. The number of ether oxygens (including phenoxy) is 2. The number of hydrogen-bond acceptors (Lipinski definition) is 6. The lowest BCUT2D eigenvalue weighted by Gasteiger charge is -2.28. The molecule has 2 aromatic heterocycles. The molecule has 3 aromatic rings. The van der Waals surface area contributed by atoms with Crippen molar-refractivity contribution < 1.29 is 14.3 Å². The lowest BCUT2D eigenvalue weighted by Crippen LogP contribution is -2.17. The average molecular weight is 438 g/mol. The van der Waals surface area contributed by atoms with Crippen molar-refractivity contribution in [2.24, 2.45) is 0 Å². The van der Waals surface area contributed by atoms with Crippen LogP contribution < -0.4 is 9.64 Å². The molecule has 0 unspecified atom stereocenters. The van der Waals surface area contributed by atoms with Gasteiger partial charge in [0.25, 0.3) is 0 Å². The lowest BCUT2D eigenvalue weighted by molar-refractivity contribution is 0.0599. The Labute approximate surface area is 186 Å². The number of aryl methyl sites for hydroxylation is 1. The minimum absolute atomic E-state index is 0.326. The van der Waals surface area contributed by atoms with Gasteiger partial charge in [0.05, 0.1) is 24.3 Å². The molecule has 1 aromatic carbocycles. The van der Waals surface area contributed by atoms with Crippen LogP contribution in [0.1, 0.15) is 40.2 Å². The molecule has 0 spiro atoms. The van der Waals surface area contributed by atoms with E-state index in [9.17, 15) is 4.79 Å². The number of hydrogen-bond donors (Lipinski definition) is 0. The van der Waals surface area contributed by atoms with Crippen molar-refractivity contribution in [2.75, 3.05) is 25.7 Å². The number of esters is 1. The summed E-state index contributed by atoms with van der Waals surface area (Å²) in [4.78, 5) is 22.6. The van der Waals surface area contributed by atoms with Crippen LogP contribution in [-0.2, 0) is 11.2 Å². The predicted octanol–water partition coefficient (Wildman–Crippen LogP) is 5.18. The predicted molar refractivity (Wildman–Crippen MR) is 121 cm³/mol. The highest BCUT2D eigenvalue weighted by atomic mass is 35.5. The quantitative estimate of drug-likeness (QED) is 0.495. The number of benzene rings is 1. The second-order valence-electron chi connectivity index (χ2n) is 7.51. The minimum atomic E-state index is -0.326. The van der Waals surface area contributed by atoms with Crippen molar-refractivity contribution in [1.82, 2.24) is 9.97 Å². The van der Waals surface area contributed by atoms with Gasteiger partial charge in [0.1, 0.15) is 11.6 Å². The zero-order valence-corrected chi connectivity index (χ0v) is 18.3. The fourth-order valence-electron chi connectivity index (χ4n) is 3.92. The normalized spacial score (nSPS) is 15.0. The number of halogens is 1. The highest BCUT2D eigenvalue weighted by Gasteiger charge is 2.23. The van der Waals surface area contributed by atoms with Crippen LogP contribution in [0.4, 0.5) is 11.5 Å². The molecule has 0 amide bonds. The van der Waals surface area contributed by atoms with Crippen LogP contribution in [0.15, 0.2) is 55.0 Å². The standard InChI is InChI=1S/C24H24ClN3O3/c1-28(23-8-5-18(25)15-27-23)19-6-7-20-16(10-12-31-22(20)13-19)3-4-17-14-26-11-9-21(17)24(29)30-2/h5-9,11,13-16H,3-4,10,12H2,1-2H3/t16-/m1/s1. The number of carbonyl (C=O) groups excluding carboxylic acids is 1. The molecule has 31 heavy (non-hydrogen) atoms. The molecule has 0 saturated heterocycles. The lowest BCUT2D eigenvalue weighted by atomic mass is 9.87. The van der Waals surface area contributed by atoms with Crippen molar-refractivity contribution in [3.63, 3.8) is 0 Å². The maximum Gasteiger partial charge on any atom is 0.338 e. The Morgan fingerprint density at radius 1 is 1.26 bits per heavy atom. The number of pyridine rings is 2. The van der Waals surface area contributed by atoms with E-state index in [-0.39, 0.29) is 5.97 Å². The Kier molecular flexibility index (Phi) is 6.37. The fourth-order valence-corrected chi connectivity index (χ4v) is 4.04. The first-order valence-corrected chi connectivity index (χ1v) is 10.6. The van der Waals surface area contributed by atoms with Crippen molar-refractivity contribution in [3.05, 3.63) is 76.7 Å². The number of aromatic nitrogens is 2. The molecular formula is C24H24ClN3O3. The molecule has 6 nitrogen and oxygen atoms in total. The monoisotopic (exact) mass is 437 g/mol. The Hall–Kier alpha value is -3.12. The van der Waals surface area contributed by atoms with Crippen LogP contribution in [0.5, 0.6) is 5.75 Å². The Bertz CT molecular complexity index is 1070.